The SMILES string of the molecule is Cc1nc(-c2ccc3c(c2)OCCCO3)c(CCN)o1. The lowest BCUT2D eigenvalue weighted by atomic mass is 10.1. The summed E-state index contributed by atoms with van der Waals surface area (Å²) in [4.78, 5) is 4.45. The first-order valence-electron chi connectivity index (χ1n) is 6.84. The van der Waals surface area contributed by atoms with Crippen molar-refractivity contribution in [3.8, 4) is 22.8 Å². The number of aromatic nitrogens is 1. The third kappa shape index (κ3) is 2.49. The summed E-state index contributed by atoms with van der Waals surface area (Å²) >= 11 is 0. The largest absolute Gasteiger partial charge is 0.490 e. The molecular weight excluding hydrogens is 256 g/mol. The number of rotatable bonds is 3. The van der Waals surface area contributed by atoms with Crippen molar-refractivity contribution < 1.29 is 13.9 Å². The Morgan fingerprint density at radius 1 is 1.20 bits per heavy atom. The average molecular weight is 274 g/mol. The van der Waals surface area contributed by atoms with Gasteiger partial charge in [0, 0.05) is 25.3 Å². The second-order valence-corrected chi connectivity index (χ2v) is 4.76. The van der Waals surface area contributed by atoms with Gasteiger partial charge in [0.2, 0.25) is 0 Å². The van der Waals surface area contributed by atoms with Crippen molar-refractivity contribution in [3.63, 3.8) is 0 Å². The van der Waals surface area contributed by atoms with Gasteiger partial charge in [0.1, 0.15) is 11.5 Å². The number of oxazole rings is 1. The van der Waals surface area contributed by atoms with Crippen molar-refractivity contribution in [2.24, 2.45) is 5.73 Å². The number of fused-ring (bicyclic) bond motifs is 1. The molecule has 0 amide bonds. The Kier molecular flexibility index (Phi) is 3.60. The minimum atomic E-state index is 0.534. The molecule has 1 aliphatic rings. The Hall–Kier alpha value is -2.01. The van der Waals surface area contributed by atoms with Crippen LogP contribution in [0.1, 0.15) is 18.1 Å². The van der Waals surface area contributed by atoms with Crippen LogP contribution in [0, 0.1) is 6.92 Å². The Labute approximate surface area is 117 Å². The first kappa shape index (κ1) is 13.0. The van der Waals surface area contributed by atoms with Gasteiger partial charge in [-0.1, -0.05) is 0 Å². The molecule has 0 atom stereocenters. The third-order valence-corrected chi connectivity index (χ3v) is 3.20. The Morgan fingerprint density at radius 2 is 2.00 bits per heavy atom. The molecule has 20 heavy (non-hydrogen) atoms. The zero-order valence-electron chi connectivity index (χ0n) is 11.5. The maximum atomic E-state index is 5.71. The second-order valence-electron chi connectivity index (χ2n) is 4.76. The standard InChI is InChI=1S/C15H18N2O3/c1-10-17-15(13(20-10)5-6-16)11-3-4-12-14(9-11)19-8-2-7-18-12/h3-4,9H,2,5-8,16H2,1H3. The van der Waals surface area contributed by atoms with Crippen molar-refractivity contribution in [2.45, 2.75) is 19.8 Å². The molecule has 2 aromatic rings. The number of nitrogens with zero attached hydrogens (tertiary/aromatic N) is 1. The topological polar surface area (TPSA) is 70.5 Å². The van der Waals surface area contributed by atoms with Crippen LogP contribution in [0.25, 0.3) is 11.3 Å². The Morgan fingerprint density at radius 3 is 2.80 bits per heavy atom. The van der Waals surface area contributed by atoms with Crippen molar-refractivity contribution in [3.05, 3.63) is 29.9 Å². The summed E-state index contributed by atoms with van der Waals surface area (Å²) in [7, 11) is 0. The minimum Gasteiger partial charge on any atom is -0.490 e. The molecule has 0 saturated heterocycles. The highest BCUT2D eigenvalue weighted by molar-refractivity contribution is 5.65. The molecule has 0 aliphatic carbocycles. The van der Waals surface area contributed by atoms with Crippen LogP contribution in [0.2, 0.25) is 0 Å². The molecule has 0 fully saturated rings. The molecule has 0 bridgehead atoms. The van der Waals surface area contributed by atoms with Gasteiger partial charge in [0.25, 0.3) is 0 Å². The van der Waals surface area contributed by atoms with Crippen LogP contribution in [0.5, 0.6) is 11.5 Å². The molecule has 1 aliphatic heterocycles. The van der Waals surface area contributed by atoms with Gasteiger partial charge in [0.05, 0.1) is 13.2 Å². The van der Waals surface area contributed by atoms with Crippen molar-refractivity contribution in [1.29, 1.82) is 0 Å². The molecule has 2 heterocycles. The molecule has 0 unspecified atom stereocenters. The van der Waals surface area contributed by atoms with Crippen LogP contribution in [0.3, 0.4) is 0 Å². The molecule has 0 spiro atoms. The van der Waals surface area contributed by atoms with E-state index in [1.165, 1.54) is 0 Å². The summed E-state index contributed by atoms with van der Waals surface area (Å²) in [6.07, 6.45) is 1.57. The summed E-state index contributed by atoms with van der Waals surface area (Å²) in [5, 5.41) is 0. The fourth-order valence-electron chi connectivity index (χ4n) is 2.31. The lowest BCUT2D eigenvalue weighted by molar-refractivity contribution is 0.297. The molecule has 5 heteroatoms. The van der Waals surface area contributed by atoms with E-state index in [9.17, 15) is 0 Å². The maximum Gasteiger partial charge on any atom is 0.191 e. The van der Waals surface area contributed by atoms with Gasteiger partial charge in [-0.05, 0) is 24.7 Å². The van der Waals surface area contributed by atoms with Crippen LogP contribution in [0.15, 0.2) is 22.6 Å². The van der Waals surface area contributed by atoms with E-state index in [1.807, 2.05) is 25.1 Å². The smallest absolute Gasteiger partial charge is 0.191 e. The Balaban J connectivity index is 2.00. The average Bonchev–Trinajstić information content (AvgIpc) is 2.68. The van der Waals surface area contributed by atoms with E-state index in [4.69, 9.17) is 19.6 Å². The van der Waals surface area contributed by atoms with Gasteiger partial charge < -0.3 is 19.6 Å². The normalized spacial score (nSPS) is 14.1. The van der Waals surface area contributed by atoms with Crippen LogP contribution < -0.4 is 15.2 Å². The number of hydrogen-bond acceptors (Lipinski definition) is 5. The Bertz CT molecular complexity index is 607. The van der Waals surface area contributed by atoms with Gasteiger partial charge in [-0.25, -0.2) is 4.98 Å². The summed E-state index contributed by atoms with van der Waals surface area (Å²) in [6.45, 7) is 3.73. The highest BCUT2D eigenvalue weighted by Gasteiger charge is 2.16. The molecule has 106 valence electrons. The summed E-state index contributed by atoms with van der Waals surface area (Å²) < 4.78 is 17.0. The van der Waals surface area contributed by atoms with E-state index in [2.05, 4.69) is 4.98 Å². The van der Waals surface area contributed by atoms with E-state index in [0.29, 0.717) is 32.1 Å². The second kappa shape index (κ2) is 5.54. The highest BCUT2D eigenvalue weighted by atomic mass is 16.5. The lowest BCUT2D eigenvalue weighted by Crippen LogP contribution is -2.03. The molecule has 3 rings (SSSR count). The van der Waals surface area contributed by atoms with Gasteiger partial charge in [-0.3, -0.25) is 0 Å². The van der Waals surface area contributed by atoms with E-state index in [0.717, 1.165) is 34.9 Å². The molecule has 2 N–H and O–H groups in total. The van der Waals surface area contributed by atoms with Crippen LogP contribution >= 0.6 is 0 Å². The van der Waals surface area contributed by atoms with Crippen molar-refractivity contribution in [1.82, 2.24) is 4.98 Å². The first-order valence-corrected chi connectivity index (χ1v) is 6.84. The molecule has 1 aromatic heterocycles. The summed E-state index contributed by atoms with van der Waals surface area (Å²) in [5.74, 6) is 3.02. The van der Waals surface area contributed by atoms with Crippen LogP contribution in [-0.4, -0.2) is 24.7 Å². The van der Waals surface area contributed by atoms with E-state index in [-0.39, 0.29) is 0 Å². The van der Waals surface area contributed by atoms with Gasteiger partial charge in [-0.2, -0.15) is 0 Å². The molecule has 0 saturated carbocycles. The van der Waals surface area contributed by atoms with Gasteiger partial charge in [-0.15, -0.1) is 0 Å². The molecular formula is C15H18N2O3. The lowest BCUT2D eigenvalue weighted by Gasteiger charge is -2.08. The van der Waals surface area contributed by atoms with E-state index < -0.39 is 0 Å². The van der Waals surface area contributed by atoms with Gasteiger partial charge >= 0.3 is 0 Å². The third-order valence-electron chi connectivity index (χ3n) is 3.20. The van der Waals surface area contributed by atoms with E-state index in [1.54, 1.807) is 0 Å². The predicted molar refractivity (Wildman–Crippen MR) is 75.0 cm³/mol. The number of nitrogens with two attached hydrogens (primary N) is 1. The number of aryl methyl sites for hydroxylation is 1. The monoisotopic (exact) mass is 274 g/mol. The fraction of sp³-hybridized carbons (Fsp3) is 0.400. The van der Waals surface area contributed by atoms with Crippen molar-refractivity contribution >= 4 is 0 Å². The quantitative estimate of drug-likeness (QED) is 0.930. The highest BCUT2D eigenvalue weighted by Crippen LogP contribution is 2.35. The summed E-state index contributed by atoms with van der Waals surface area (Å²) in [6, 6.07) is 5.86. The zero-order chi connectivity index (χ0) is 13.9. The summed E-state index contributed by atoms with van der Waals surface area (Å²) in [5.41, 5.74) is 7.42. The fourth-order valence-corrected chi connectivity index (χ4v) is 2.31. The van der Waals surface area contributed by atoms with E-state index >= 15 is 0 Å². The number of hydrogen-bond donors (Lipinski definition) is 1. The first-order chi connectivity index (χ1) is 9.78. The van der Waals surface area contributed by atoms with Crippen LogP contribution in [-0.2, 0) is 6.42 Å². The minimum absolute atomic E-state index is 0.534. The zero-order valence-corrected chi connectivity index (χ0v) is 11.5. The number of benzene rings is 1. The van der Waals surface area contributed by atoms with Crippen LogP contribution in [0.4, 0.5) is 0 Å². The van der Waals surface area contributed by atoms with Gasteiger partial charge in [0.15, 0.2) is 17.4 Å². The molecule has 1 aromatic carbocycles. The maximum absolute atomic E-state index is 5.71. The van der Waals surface area contributed by atoms with Crippen molar-refractivity contribution in [2.75, 3.05) is 19.8 Å². The number of ether oxygens (including phenoxy) is 2. The predicted octanol–water partition coefficient (Wildman–Crippen LogP) is 2.31. The molecule has 5 nitrogen and oxygen atoms in total. The molecule has 0 radical (unpaired) electrons.